The summed E-state index contributed by atoms with van der Waals surface area (Å²) < 4.78 is 0. The maximum atomic E-state index is 11.8. The van der Waals surface area contributed by atoms with Crippen LogP contribution in [0.4, 0.5) is 0 Å². The molecule has 19 heavy (non-hydrogen) atoms. The van der Waals surface area contributed by atoms with Crippen LogP contribution >= 0.6 is 0 Å². The van der Waals surface area contributed by atoms with E-state index < -0.39 is 0 Å². The monoisotopic (exact) mass is 259 g/mol. The first-order chi connectivity index (χ1) is 9.22. The molecule has 0 aromatic carbocycles. The van der Waals surface area contributed by atoms with Gasteiger partial charge in [-0.3, -0.25) is 9.79 Å². The van der Waals surface area contributed by atoms with E-state index in [1.54, 1.807) is 4.90 Å². The molecule has 4 heteroatoms. The number of nitrogens with zero attached hydrogens (tertiary/aromatic N) is 3. The van der Waals surface area contributed by atoms with Crippen LogP contribution < -0.4 is 0 Å². The lowest BCUT2D eigenvalue weighted by Crippen LogP contribution is -2.42. The predicted molar refractivity (Wildman–Crippen MR) is 76.8 cm³/mol. The van der Waals surface area contributed by atoms with Crippen LogP contribution in [0, 0.1) is 17.2 Å². The number of piperidine rings is 1. The number of carbonyl (C=O) groups excluding carboxylic acids is 1. The highest BCUT2D eigenvalue weighted by Crippen LogP contribution is 2.21. The van der Waals surface area contributed by atoms with Crippen LogP contribution in [0.25, 0.3) is 0 Å². The Balaban J connectivity index is 0.000000861. The van der Waals surface area contributed by atoms with Gasteiger partial charge in [-0.15, -0.1) is 0 Å². The van der Waals surface area contributed by atoms with Crippen LogP contribution in [0.1, 0.15) is 26.7 Å². The molecule has 0 aromatic heterocycles. The van der Waals surface area contributed by atoms with E-state index in [1.165, 1.54) is 0 Å². The molecule has 1 fully saturated rings. The molecule has 2 heterocycles. The molecular weight excluding hydrogens is 238 g/mol. The summed E-state index contributed by atoms with van der Waals surface area (Å²) in [7, 11) is 0. The molecule has 1 saturated heterocycles. The first kappa shape index (κ1) is 15.2. The highest BCUT2D eigenvalue weighted by atomic mass is 16.2. The third kappa shape index (κ3) is 3.78. The molecule has 1 amide bonds. The molecule has 102 valence electrons. The number of rotatable bonds is 2. The Morgan fingerprint density at radius 1 is 1.58 bits per heavy atom. The predicted octanol–water partition coefficient (Wildman–Crippen LogP) is 2.34. The SMILES string of the molecule is C=C(C#N)C(=O)N1CCCC(C2=NCC=C2)C1.CC. The minimum Gasteiger partial charge on any atom is -0.337 e. The molecular formula is C15H21N3O. The number of allylic oxidation sites excluding steroid dienone is 1. The first-order valence-corrected chi connectivity index (χ1v) is 6.81. The first-order valence-electron chi connectivity index (χ1n) is 6.81. The lowest BCUT2D eigenvalue weighted by molar-refractivity contribution is -0.127. The van der Waals surface area contributed by atoms with E-state index in [4.69, 9.17) is 5.26 Å². The fraction of sp³-hybridized carbons (Fsp3) is 0.533. The van der Waals surface area contributed by atoms with Crippen molar-refractivity contribution >= 4 is 11.6 Å². The van der Waals surface area contributed by atoms with E-state index >= 15 is 0 Å². The molecule has 2 rings (SSSR count). The van der Waals surface area contributed by atoms with Crippen LogP contribution in [0.2, 0.25) is 0 Å². The summed E-state index contributed by atoms with van der Waals surface area (Å²) in [6, 6.07) is 1.82. The quantitative estimate of drug-likeness (QED) is 0.564. The molecule has 1 unspecified atom stereocenters. The second kappa shape index (κ2) is 7.52. The number of carbonyl (C=O) groups is 1. The molecule has 0 bridgehead atoms. The van der Waals surface area contributed by atoms with Crippen LogP contribution in [-0.4, -0.2) is 36.2 Å². The molecule has 0 N–H and O–H groups in total. The lowest BCUT2D eigenvalue weighted by atomic mass is 9.93. The van der Waals surface area contributed by atoms with Crippen molar-refractivity contribution in [3.8, 4) is 6.07 Å². The third-order valence-electron chi connectivity index (χ3n) is 3.19. The van der Waals surface area contributed by atoms with Crippen LogP contribution in [-0.2, 0) is 4.79 Å². The summed E-state index contributed by atoms with van der Waals surface area (Å²) in [6.07, 6.45) is 6.09. The van der Waals surface area contributed by atoms with E-state index in [0.717, 1.165) is 25.1 Å². The molecule has 4 nitrogen and oxygen atoms in total. The van der Waals surface area contributed by atoms with Gasteiger partial charge >= 0.3 is 0 Å². The zero-order valence-corrected chi connectivity index (χ0v) is 11.7. The van der Waals surface area contributed by atoms with Crippen molar-refractivity contribution in [2.75, 3.05) is 19.6 Å². The van der Waals surface area contributed by atoms with Gasteiger partial charge in [0.2, 0.25) is 0 Å². The standard InChI is InChI=1S/C13H15N3O.C2H6/c1-10(8-14)13(17)16-7-3-4-11(9-16)12-5-2-6-15-12;1-2/h2,5,11H,1,3-4,6-7,9H2;1-2H3. The summed E-state index contributed by atoms with van der Waals surface area (Å²) in [5.41, 5.74) is 1.11. The van der Waals surface area contributed by atoms with Crippen LogP contribution in [0.5, 0.6) is 0 Å². The van der Waals surface area contributed by atoms with Crippen molar-refractivity contribution in [2.24, 2.45) is 10.9 Å². The second-order valence-corrected chi connectivity index (χ2v) is 4.35. The van der Waals surface area contributed by atoms with Gasteiger partial charge in [0, 0.05) is 24.7 Å². The fourth-order valence-electron chi connectivity index (χ4n) is 2.29. The largest absolute Gasteiger partial charge is 0.337 e. The number of aliphatic imine (C=N–C) groups is 1. The van der Waals surface area contributed by atoms with Gasteiger partial charge in [0.15, 0.2) is 0 Å². The maximum absolute atomic E-state index is 11.8. The van der Waals surface area contributed by atoms with Crippen molar-refractivity contribution in [3.63, 3.8) is 0 Å². The molecule has 0 aliphatic carbocycles. The highest BCUT2D eigenvalue weighted by Gasteiger charge is 2.27. The van der Waals surface area contributed by atoms with Gasteiger partial charge in [0.1, 0.15) is 11.6 Å². The smallest absolute Gasteiger partial charge is 0.263 e. The van der Waals surface area contributed by atoms with Crippen LogP contribution in [0.3, 0.4) is 0 Å². The van der Waals surface area contributed by atoms with Gasteiger partial charge in [-0.1, -0.05) is 26.5 Å². The molecule has 0 radical (unpaired) electrons. The average molecular weight is 259 g/mol. The molecule has 2 aliphatic rings. The Labute approximate surface area is 115 Å². The summed E-state index contributed by atoms with van der Waals surface area (Å²) in [4.78, 5) is 18.0. The topological polar surface area (TPSA) is 56.5 Å². The number of nitriles is 1. The van der Waals surface area contributed by atoms with Crippen molar-refractivity contribution in [1.82, 2.24) is 4.90 Å². The summed E-state index contributed by atoms with van der Waals surface area (Å²) in [6.45, 7) is 9.60. The number of hydrogen-bond donors (Lipinski definition) is 0. The zero-order chi connectivity index (χ0) is 14.3. The van der Waals surface area contributed by atoms with Crippen molar-refractivity contribution < 1.29 is 4.79 Å². The van der Waals surface area contributed by atoms with Gasteiger partial charge in [-0.25, -0.2) is 0 Å². The zero-order valence-electron chi connectivity index (χ0n) is 11.7. The Hall–Kier alpha value is -1.89. The Morgan fingerprint density at radius 2 is 2.32 bits per heavy atom. The summed E-state index contributed by atoms with van der Waals surface area (Å²) in [5, 5.41) is 8.68. The molecule has 0 aromatic rings. The summed E-state index contributed by atoms with van der Waals surface area (Å²) >= 11 is 0. The Kier molecular flexibility index (Phi) is 6.01. The van der Waals surface area contributed by atoms with Crippen molar-refractivity contribution in [1.29, 1.82) is 5.26 Å². The number of hydrogen-bond acceptors (Lipinski definition) is 3. The lowest BCUT2D eigenvalue weighted by Gasteiger charge is -2.32. The normalized spacial score (nSPS) is 21.0. The maximum Gasteiger partial charge on any atom is 0.263 e. The minimum atomic E-state index is -0.236. The van der Waals surface area contributed by atoms with E-state index in [-0.39, 0.29) is 11.5 Å². The molecule has 0 spiro atoms. The average Bonchev–Trinajstić information content (AvgIpc) is 3.02. The van der Waals surface area contributed by atoms with Crippen molar-refractivity contribution in [2.45, 2.75) is 26.7 Å². The fourth-order valence-corrected chi connectivity index (χ4v) is 2.29. The van der Waals surface area contributed by atoms with Gasteiger partial charge in [-0.05, 0) is 18.9 Å². The minimum absolute atomic E-state index is 0.0227. The van der Waals surface area contributed by atoms with Gasteiger partial charge in [0.25, 0.3) is 5.91 Å². The highest BCUT2D eigenvalue weighted by molar-refractivity contribution is 6.00. The van der Waals surface area contributed by atoms with Crippen LogP contribution in [0.15, 0.2) is 29.3 Å². The summed E-state index contributed by atoms with van der Waals surface area (Å²) in [5.74, 6) is 0.0812. The number of likely N-dealkylation sites (tertiary alicyclic amines) is 1. The van der Waals surface area contributed by atoms with E-state index in [2.05, 4.69) is 11.6 Å². The van der Waals surface area contributed by atoms with Gasteiger partial charge < -0.3 is 4.90 Å². The van der Waals surface area contributed by atoms with Gasteiger partial charge in [-0.2, -0.15) is 5.26 Å². The third-order valence-corrected chi connectivity index (χ3v) is 3.19. The molecule has 0 saturated carbocycles. The molecule has 2 aliphatic heterocycles. The van der Waals surface area contributed by atoms with E-state index in [9.17, 15) is 4.79 Å². The Morgan fingerprint density at radius 3 is 2.89 bits per heavy atom. The molecule has 1 atom stereocenters. The Bertz CT molecular complexity index is 443. The van der Waals surface area contributed by atoms with E-state index in [0.29, 0.717) is 19.0 Å². The van der Waals surface area contributed by atoms with Gasteiger partial charge in [0.05, 0.1) is 6.54 Å². The second-order valence-electron chi connectivity index (χ2n) is 4.35. The van der Waals surface area contributed by atoms with E-state index in [1.807, 2.05) is 32.1 Å². The van der Waals surface area contributed by atoms with Crippen molar-refractivity contribution in [3.05, 3.63) is 24.3 Å². The number of amides is 1.